The maximum absolute atomic E-state index is 12.6. The van der Waals surface area contributed by atoms with Gasteiger partial charge < -0.3 is 11.1 Å². The minimum Gasteiger partial charge on any atom is -0.383 e. The summed E-state index contributed by atoms with van der Waals surface area (Å²) in [6, 6.07) is 7.53. The first-order valence-electron chi connectivity index (χ1n) is 8.66. The lowest BCUT2D eigenvalue weighted by Gasteiger charge is -2.13. The molecule has 0 radical (unpaired) electrons. The summed E-state index contributed by atoms with van der Waals surface area (Å²) >= 11 is 0. The molecule has 1 fully saturated rings. The Morgan fingerprint density at radius 3 is 2.88 bits per heavy atom. The van der Waals surface area contributed by atoms with Crippen LogP contribution in [0.2, 0.25) is 0 Å². The van der Waals surface area contributed by atoms with Crippen LogP contribution in [-0.4, -0.2) is 28.1 Å². The van der Waals surface area contributed by atoms with Crippen LogP contribution in [0.15, 0.2) is 29.5 Å². The third-order valence-corrected chi connectivity index (χ3v) is 4.97. The molecule has 4 rings (SSSR count). The standard InChI is InChI=1S/C19H18N6O/c20-8-11-5-6-15-13(7-11)16(19(26)25-15)17-14(18(21)24-10-23-17)9-22-12-3-1-2-4-12/h5-7,9-10,12,16H,1-4H2,(H,25,26)(H2,21,23,24). The van der Waals surface area contributed by atoms with Gasteiger partial charge in [0.15, 0.2) is 0 Å². The van der Waals surface area contributed by atoms with Gasteiger partial charge in [-0.25, -0.2) is 9.97 Å². The molecule has 7 heteroatoms. The molecule has 1 aliphatic heterocycles. The first-order valence-corrected chi connectivity index (χ1v) is 8.66. The van der Waals surface area contributed by atoms with Gasteiger partial charge in [0.1, 0.15) is 18.1 Å². The number of hydrogen-bond acceptors (Lipinski definition) is 6. The van der Waals surface area contributed by atoms with Crippen LogP contribution >= 0.6 is 0 Å². The number of carbonyl (C=O) groups is 1. The predicted molar refractivity (Wildman–Crippen MR) is 97.9 cm³/mol. The maximum Gasteiger partial charge on any atom is 0.238 e. The Labute approximate surface area is 151 Å². The first kappa shape index (κ1) is 16.2. The van der Waals surface area contributed by atoms with E-state index >= 15 is 0 Å². The number of fused-ring (bicyclic) bond motifs is 1. The summed E-state index contributed by atoms with van der Waals surface area (Å²) in [5, 5.41) is 12.0. The van der Waals surface area contributed by atoms with E-state index in [9.17, 15) is 10.1 Å². The fourth-order valence-corrected chi connectivity index (χ4v) is 3.62. The molecule has 1 saturated carbocycles. The molecule has 1 amide bonds. The van der Waals surface area contributed by atoms with E-state index < -0.39 is 5.92 Å². The molecular formula is C19H18N6O. The molecule has 130 valence electrons. The molecule has 1 unspecified atom stereocenters. The van der Waals surface area contributed by atoms with Crippen molar-refractivity contribution in [2.45, 2.75) is 37.6 Å². The second-order valence-corrected chi connectivity index (χ2v) is 6.61. The number of nitrogens with two attached hydrogens (primary N) is 1. The van der Waals surface area contributed by atoms with Gasteiger partial charge in [0, 0.05) is 17.9 Å². The number of nitriles is 1. The molecule has 0 spiro atoms. The van der Waals surface area contributed by atoms with E-state index in [0.29, 0.717) is 28.3 Å². The van der Waals surface area contributed by atoms with Crippen LogP contribution < -0.4 is 11.1 Å². The Hall–Kier alpha value is -3.27. The third-order valence-electron chi connectivity index (χ3n) is 4.97. The number of benzene rings is 1. The summed E-state index contributed by atoms with van der Waals surface area (Å²) in [7, 11) is 0. The molecule has 1 aliphatic carbocycles. The normalized spacial score (nSPS) is 19.5. The lowest BCUT2D eigenvalue weighted by Crippen LogP contribution is -2.18. The smallest absolute Gasteiger partial charge is 0.238 e. The zero-order valence-corrected chi connectivity index (χ0v) is 14.1. The van der Waals surface area contributed by atoms with Crippen molar-refractivity contribution >= 4 is 23.6 Å². The highest BCUT2D eigenvalue weighted by molar-refractivity contribution is 6.06. The number of carbonyl (C=O) groups excluding carboxylic acids is 1. The molecule has 26 heavy (non-hydrogen) atoms. The van der Waals surface area contributed by atoms with Crippen LogP contribution in [-0.2, 0) is 4.79 Å². The molecule has 2 heterocycles. The van der Waals surface area contributed by atoms with E-state index in [1.165, 1.54) is 19.2 Å². The van der Waals surface area contributed by atoms with Crippen molar-refractivity contribution in [3.05, 3.63) is 46.9 Å². The Kier molecular flexibility index (Phi) is 4.09. The number of hydrogen-bond donors (Lipinski definition) is 2. The topological polar surface area (TPSA) is 117 Å². The molecule has 2 aromatic rings. The zero-order chi connectivity index (χ0) is 18.1. The fraction of sp³-hybridized carbons (Fsp3) is 0.316. The molecular weight excluding hydrogens is 328 g/mol. The molecule has 0 bridgehead atoms. The molecule has 7 nitrogen and oxygen atoms in total. The third kappa shape index (κ3) is 2.80. The number of nitrogens with one attached hydrogen (secondary N) is 1. The van der Waals surface area contributed by atoms with Crippen molar-refractivity contribution in [3.63, 3.8) is 0 Å². The number of nitrogens with zero attached hydrogens (tertiary/aromatic N) is 4. The van der Waals surface area contributed by atoms with Gasteiger partial charge in [-0.1, -0.05) is 12.8 Å². The lowest BCUT2D eigenvalue weighted by molar-refractivity contribution is -0.116. The summed E-state index contributed by atoms with van der Waals surface area (Å²) in [6.07, 6.45) is 7.57. The van der Waals surface area contributed by atoms with E-state index in [0.717, 1.165) is 18.4 Å². The van der Waals surface area contributed by atoms with Crippen LogP contribution in [0.5, 0.6) is 0 Å². The van der Waals surface area contributed by atoms with Crippen LogP contribution in [0.3, 0.4) is 0 Å². The van der Waals surface area contributed by atoms with Crippen LogP contribution in [0.1, 0.15) is 54.0 Å². The minimum absolute atomic E-state index is 0.191. The van der Waals surface area contributed by atoms with Gasteiger partial charge >= 0.3 is 0 Å². The van der Waals surface area contributed by atoms with Crippen molar-refractivity contribution in [2.24, 2.45) is 4.99 Å². The number of amides is 1. The monoisotopic (exact) mass is 346 g/mol. The number of aromatic nitrogens is 2. The highest BCUT2D eigenvalue weighted by Crippen LogP contribution is 2.38. The van der Waals surface area contributed by atoms with Gasteiger partial charge in [0.05, 0.1) is 22.9 Å². The van der Waals surface area contributed by atoms with Crippen LogP contribution in [0.25, 0.3) is 0 Å². The van der Waals surface area contributed by atoms with Crippen molar-refractivity contribution in [1.82, 2.24) is 9.97 Å². The van der Waals surface area contributed by atoms with E-state index in [1.54, 1.807) is 24.4 Å². The zero-order valence-electron chi connectivity index (χ0n) is 14.1. The van der Waals surface area contributed by atoms with E-state index in [4.69, 9.17) is 5.73 Å². The Morgan fingerprint density at radius 2 is 2.12 bits per heavy atom. The summed E-state index contributed by atoms with van der Waals surface area (Å²) in [5.41, 5.74) is 9.07. The van der Waals surface area contributed by atoms with Gasteiger partial charge in [0.2, 0.25) is 5.91 Å². The van der Waals surface area contributed by atoms with E-state index in [-0.39, 0.29) is 11.9 Å². The van der Waals surface area contributed by atoms with Gasteiger partial charge in [-0.05, 0) is 36.6 Å². The fourth-order valence-electron chi connectivity index (χ4n) is 3.62. The second-order valence-electron chi connectivity index (χ2n) is 6.61. The Balaban J connectivity index is 1.78. The van der Waals surface area contributed by atoms with Crippen molar-refractivity contribution < 1.29 is 4.79 Å². The Bertz CT molecular complexity index is 940. The molecule has 1 aromatic heterocycles. The average Bonchev–Trinajstić information content (AvgIpc) is 3.26. The molecule has 2 aliphatic rings. The van der Waals surface area contributed by atoms with Crippen molar-refractivity contribution in [1.29, 1.82) is 5.26 Å². The van der Waals surface area contributed by atoms with Gasteiger partial charge in [-0.2, -0.15) is 5.26 Å². The summed E-state index contributed by atoms with van der Waals surface area (Å²) in [6.45, 7) is 0. The highest BCUT2D eigenvalue weighted by Gasteiger charge is 2.35. The van der Waals surface area contributed by atoms with E-state index in [2.05, 4.69) is 26.3 Å². The second kappa shape index (κ2) is 6.56. The van der Waals surface area contributed by atoms with Gasteiger partial charge in [0.25, 0.3) is 0 Å². The van der Waals surface area contributed by atoms with Crippen molar-refractivity contribution in [2.75, 3.05) is 11.1 Å². The summed E-state index contributed by atoms with van der Waals surface area (Å²) in [4.78, 5) is 25.7. The summed E-state index contributed by atoms with van der Waals surface area (Å²) < 4.78 is 0. The Morgan fingerprint density at radius 1 is 1.31 bits per heavy atom. The van der Waals surface area contributed by atoms with Crippen LogP contribution in [0, 0.1) is 11.3 Å². The van der Waals surface area contributed by atoms with Gasteiger partial charge in [-0.3, -0.25) is 9.79 Å². The van der Waals surface area contributed by atoms with E-state index in [1.807, 2.05) is 0 Å². The molecule has 1 atom stereocenters. The first-order chi connectivity index (χ1) is 12.7. The number of anilines is 2. The minimum atomic E-state index is -0.631. The van der Waals surface area contributed by atoms with Crippen LogP contribution in [0.4, 0.5) is 11.5 Å². The number of nitrogen functional groups attached to an aromatic ring is 1. The predicted octanol–water partition coefficient (Wildman–Crippen LogP) is 2.38. The summed E-state index contributed by atoms with van der Waals surface area (Å²) in [5.74, 6) is -0.522. The quantitative estimate of drug-likeness (QED) is 0.827. The lowest BCUT2D eigenvalue weighted by atomic mass is 9.93. The highest BCUT2D eigenvalue weighted by atomic mass is 16.2. The SMILES string of the molecule is N#Cc1ccc2c(c1)C(c1ncnc(N)c1C=NC1CCCC1)C(=O)N2. The number of aliphatic imine (C=N–C) groups is 1. The maximum atomic E-state index is 12.6. The molecule has 3 N–H and O–H groups in total. The largest absolute Gasteiger partial charge is 0.383 e. The molecule has 1 aromatic carbocycles. The van der Waals surface area contributed by atoms with Gasteiger partial charge in [-0.15, -0.1) is 0 Å². The number of rotatable bonds is 3. The molecule has 0 saturated heterocycles. The van der Waals surface area contributed by atoms with Crippen molar-refractivity contribution in [3.8, 4) is 6.07 Å². The average molecular weight is 346 g/mol.